The highest BCUT2D eigenvalue weighted by atomic mass is 32.2. The first kappa shape index (κ1) is 21.6. The van der Waals surface area contributed by atoms with Crippen LogP contribution in [-0.4, -0.2) is 34.2 Å². The van der Waals surface area contributed by atoms with E-state index in [1.54, 1.807) is 4.72 Å². The molecule has 0 unspecified atom stereocenters. The van der Waals surface area contributed by atoms with E-state index in [0.29, 0.717) is 12.1 Å². The van der Waals surface area contributed by atoms with Gasteiger partial charge in [-0.05, 0) is 24.3 Å². The van der Waals surface area contributed by atoms with Crippen molar-refractivity contribution in [1.82, 2.24) is 9.78 Å². The molecular formula is C17H12F2N4O7S. The van der Waals surface area contributed by atoms with Gasteiger partial charge in [0.05, 0.1) is 16.2 Å². The van der Waals surface area contributed by atoms with Crippen molar-refractivity contribution in [3.8, 4) is 11.5 Å². The molecule has 0 aliphatic heterocycles. The molecule has 2 N–H and O–H groups in total. The van der Waals surface area contributed by atoms with Crippen LogP contribution in [-0.2, 0) is 17.1 Å². The zero-order valence-corrected chi connectivity index (χ0v) is 16.3. The summed E-state index contributed by atoms with van der Waals surface area (Å²) < 4.78 is 60.5. The molecule has 0 saturated carbocycles. The Morgan fingerprint density at radius 2 is 1.90 bits per heavy atom. The lowest BCUT2D eigenvalue weighted by molar-refractivity contribution is -0.387. The molecule has 0 aliphatic carbocycles. The standard InChI is InChI=1S/C17H12F2N4O7S/c1-22-8-14(23(26)27)16(20-22)31(28,29)21-13-7-12(19)15(6-11(13)17(24)25)30-10-4-2-9(18)3-5-10/h2-8,21H,1H3,(H,24,25). The summed E-state index contributed by atoms with van der Waals surface area (Å²) in [7, 11) is -3.51. The van der Waals surface area contributed by atoms with E-state index in [0.717, 1.165) is 23.0 Å². The van der Waals surface area contributed by atoms with Crippen LogP contribution in [0.25, 0.3) is 0 Å². The van der Waals surface area contributed by atoms with Crippen LogP contribution in [0.15, 0.2) is 47.6 Å². The number of carboxylic acids is 1. The van der Waals surface area contributed by atoms with Crippen molar-refractivity contribution in [2.24, 2.45) is 7.05 Å². The average molecular weight is 454 g/mol. The van der Waals surface area contributed by atoms with Gasteiger partial charge in [0.2, 0.25) is 0 Å². The molecule has 11 nitrogen and oxygen atoms in total. The molecule has 1 heterocycles. The molecule has 1 aromatic heterocycles. The zero-order valence-electron chi connectivity index (χ0n) is 15.4. The van der Waals surface area contributed by atoms with Gasteiger partial charge in [-0.25, -0.2) is 13.6 Å². The largest absolute Gasteiger partial charge is 0.478 e. The number of carbonyl (C=O) groups is 1. The van der Waals surface area contributed by atoms with Gasteiger partial charge in [0, 0.05) is 19.2 Å². The fourth-order valence-corrected chi connectivity index (χ4v) is 3.68. The Kier molecular flexibility index (Phi) is 5.57. The molecule has 0 bridgehead atoms. The normalized spacial score (nSPS) is 11.2. The van der Waals surface area contributed by atoms with Gasteiger partial charge in [-0.1, -0.05) is 0 Å². The van der Waals surface area contributed by atoms with Crippen molar-refractivity contribution < 1.29 is 36.8 Å². The number of nitrogens with zero attached hydrogens (tertiary/aromatic N) is 3. The maximum absolute atomic E-state index is 14.5. The third kappa shape index (κ3) is 4.58. The number of carboxylic acid groups (broad SMARTS) is 1. The first-order chi connectivity index (χ1) is 14.5. The minimum absolute atomic E-state index is 0.00548. The second-order valence-electron chi connectivity index (χ2n) is 6.05. The van der Waals surface area contributed by atoms with Crippen LogP contribution in [0.4, 0.5) is 20.2 Å². The van der Waals surface area contributed by atoms with Gasteiger partial charge in [0.15, 0.2) is 11.6 Å². The van der Waals surface area contributed by atoms with Crippen molar-refractivity contribution in [2.75, 3.05) is 4.72 Å². The quantitative estimate of drug-likeness (QED) is 0.408. The fourth-order valence-electron chi connectivity index (χ4n) is 2.49. The van der Waals surface area contributed by atoms with E-state index in [9.17, 15) is 37.2 Å². The highest BCUT2D eigenvalue weighted by Crippen LogP contribution is 2.32. The zero-order chi connectivity index (χ0) is 22.9. The van der Waals surface area contributed by atoms with Crippen molar-refractivity contribution in [3.63, 3.8) is 0 Å². The van der Waals surface area contributed by atoms with Gasteiger partial charge in [-0.2, -0.15) is 13.5 Å². The molecule has 0 fully saturated rings. The maximum Gasteiger partial charge on any atom is 0.337 e. The molecule has 0 spiro atoms. The summed E-state index contributed by atoms with van der Waals surface area (Å²) in [5.41, 5.74) is -2.28. The maximum atomic E-state index is 14.5. The van der Waals surface area contributed by atoms with Crippen LogP contribution in [0.5, 0.6) is 11.5 Å². The van der Waals surface area contributed by atoms with Crippen molar-refractivity contribution in [3.05, 3.63) is 69.9 Å². The topological polar surface area (TPSA) is 154 Å². The summed E-state index contributed by atoms with van der Waals surface area (Å²) in [6.07, 6.45) is 0.840. The summed E-state index contributed by atoms with van der Waals surface area (Å²) >= 11 is 0. The molecule has 162 valence electrons. The Morgan fingerprint density at radius 3 is 2.48 bits per heavy atom. The van der Waals surface area contributed by atoms with Crippen LogP contribution in [0.3, 0.4) is 0 Å². The van der Waals surface area contributed by atoms with Gasteiger partial charge < -0.3 is 9.84 Å². The lowest BCUT2D eigenvalue weighted by atomic mass is 10.1. The number of anilines is 1. The Hall–Kier alpha value is -4.07. The van der Waals surface area contributed by atoms with Crippen LogP contribution >= 0.6 is 0 Å². The van der Waals surface area contributed by atoms with E-state index < -0.39 is 60.3 Å². The summed E-state index contributed by atoms with van der Waals surface area (Å²) in [6.45, 7) is 0. The Labute approximate surface area is 172 Å². The number of sulfonamides is 1. The predicted molar refractivity (Wildman–Crippen MR) is 101 cm³/mol. The van der Waals surface area contributed by atoms with Gasteiger partial charge >= 0.3 is 11.7 Å². The molecule has 0 aliphatic rings. The summed E-state index contributed by atoms with van der Waals surface area (Å²) in [4.78, 5) is 21.7. The smallest absolute Gasteiger partial charge is 0.337 e. The molecule has 0 amide bonds. The molecular weight excluding hydrogens is 442 g/mol. The minimum atomic E-state index is -4.75. The molecule has 0 atom stereocenters. The summed E-state index contributed by atoms with van der Waals surface area (Å²) in [6, 6.07) is 5.67. The van der Waals surface area contributed by atoms with E-state index in [4.69, 9.17) is 4.74 Å². The Balaban J connectivity index is 2.01. The van der Waals surface area contributed by atoms with E-state index in [2.05, 4.69) is 5.10 Å². The van der Waals surface area contributed by atoms with Crippen molar-refractivity contribution >= 4 is 27.4 Å². The number of halogens is 2. The van der Waals surface area contributed by atoms with Gasteiger partial charge in [-0.15, -0.1) is 0 Å². The number of aromatic carboxylic acids is 1. The lowest BCUT2D eigenvalue weighted by Gasteiger charge is -2.13. The number of hydrogen-bond acceptors (Lipinski definition) is 7. The Bertz CT molecular complexity index is 1290. The molecule has 3 rings (SSSR count). The number of nitro groups is 1. The Morgan fingerprint density at radius 1 is 1.26 bits per heavy atom. The summed E-state index contributed by atoms with van der Waals surface area (Å²) in [5, 5.41) is 23.0. The SMILES string of the molecule is Cn1cc([N+](=O)[O-])c(S(=O)(=O)Nc2cc(F)c(Oc3ccc(F)cc3)cc2C(=O)O)n1. The van der Waals surface area contributed by atoms with Gasteiger partial charge in [0.1, 0.15) is 17.8 Å². The minimum Gasteiger partial charge on any atom is -0.478 e. The fraction of sp³-hybridized carbons (Fsp3) is 0.0588. The first-order valence-electron chi connectivity index (χ1n) is 8.19. The van der Waals surface area contributed by atoms with Crippen LogP contribution in [0, 0.1) is 21.7 Å². The third-order valence-electron chi connectivity index (χ3n) is 3.82. The highest BCUT2D eigenvalue weighted by molar-refractivity contribution is 7.92. The van der Waals surface area contributed by atoms with Crippen LogP contribution < -0.4 is 9.46 Å². The number of nitrogens with one attached hydrogen (secondary N) is 1. The van der Waals surface area contributed by atoms with Crippen molar-refractivity contribution in [1.29, 1.82) is 0 Å². The van der Waals surface area contributed by atoms with E-state index in [1.165, 1.54) is 19.2 Å². The summed E-state index contributed by atoms with van der Waals surface area (Å²) in [5.74, 6) is -3.95. The third-order valence-corrected chi connectivity index (χ3v) is 5.10. The number of aromatic nitrogens is 2. The van der Waals surface area contributed by atoms with E-state index >= 15 is 0 Å². The second-order valence-corrected chi connectivity index (χ2v) is 7.64. The van der Waals surface area contributed by atoms with E-state index in [-0.39, 0.29) is 5.75 Å². The number of ether oxygens (including phenoxy) is 1. The number of aryl methyl sites for hydroxylation is 1. The molecule has 0 radical (unpaired) electrons. The molecule has 14 heteroatoms. The van der Waals surface area contributed by atoms with Gasteiger partial charge in [-0.3, -0.25) is 19.5 Å². The average Bonchev–Trinajstić information content (AvgIpc) is 3.08. The molecule has 31 heavy (non-hydrogen) atoms. The highest BCUT2D eigenvalue weighted by Gasteiger charge is 2.32. The monoisotopic (exact) mass is 454 g/mol. The molecule has 2 aromatic carbocycles. The van der Waals surface area contributed by atoms with E-state index in [1.807, 2.05) is 0 Å². The van der Waals surface area contributed by atoms with Crippen LogP contribution in [0.2, 0.25) is 0 Å². The lowest BCUT2D eigenvalue weighted by Crippen LogP contribution is -2.18. The first-order valence-corrected chi connectivity index (χ1v) is 9.67. The number of hydrogen-bond donors (Lipinski definition) is 2. The van der Waals surface area contributed by atoms with Crippen molar-refractivity contribution in [2.45, 2.75) is 5.03 Å². The number of rotatable bonds is 7. The second kappa shape index (κ2) is 7.98. The molecule has 3 aromatic rings. The van der Waals surface area contributed by atoms with Crippen LogP contribution in [0.1, 0.15) is 10.4 Å². The number of benzene rings is 2. The predicted octanol–water partition coefficient (Wildman–Crippen LogP) is 2.90. The van der Waals surface area contributed by atoms with Gasteiger partial charge in [0.25, 0.3) is 15.0 Å². The molecule has 0 saturated heterocycles.